The lowest BCUT2D eigenvalue weighted by atomic mass is 10.1. The van der Waals surface area contributed by atoms with Gasteiger partial charge < -0.3 is 10.2 Å². The summed E-state index contributed by atoms with van der Waals surface area (Å²) >= 11 is 12.0. The molecule has 0 atom stereocenters. The number of nitrogens with zero attached hydrogens (tertiary/aromatic N) is 2. The third-order valence-electron chi connectivity index (χ3n) is 5.30. The number of aryl methyl sites for hydroxylation is 2. The third kappa shape index (κ3) is 5.53. The zero-order valence-electron chi connectivity index (χ0n) is 17.0. The molecule has 1 aliphatic heterocycles. The number of halogens is 2. The first-order valence-corrected chi connectivity index (χ1v) is 11.9. The Hall–Kier alpha value is -1.64. The summed E-state index contributed by atoms with van der Waals surface area (Å²) in [4.78, 5) is 14.7. The molecule has 1 saturated heterocycles. The number of hydrogen-bond donors (Lipinski definition) is 1. The molecule has 2 aromatic rings. The van der Waals surface area contributed by atoms with Crippen LogP contribution in [-0.2, 0) is 14.8 Å². The van der Waals surface area contributed by atoms with Gasteiger partial charge in [0, 0.05) is 44.2 Å². The quantitative estimate of drug-likeness (QED) is 0.695. The molecule has 0 bridgehead atoms. The van der Waals surface area contributed by atoms with Crippen LogP contribution in [0, 0.1) is 13.8 Å². The summed E-state index contributed by atoms with van der Waals surface area (Å²) in [6, 6.07) is 10.1. The molecular weight excluding hydrogens is 445 g/mol. The second-order valence-corrected chi connectivity index (χ2v) is 10.2. The number of carbonyl (C=O) groups is 1. The van der Waals surface area contributed by atoms with E-state index in [-0.39, 0.29) is 12.3 Å². The van der Waals surface area contributed by atoms with Crippen LogP contribution in [0.1, 0.15) is 17.5 Å². The van der Waals surface area contributed by atoms with Gasteiger partial charge in [-0.15, -0.1) is 0 Å². The van der Waals surface area contributed by atoms with Crippen molar-refractivity contribution < 1.29 is 13.2 Å². The Kier molecular flexibility index (Phi) is 7.42. The van der Waals surface area contributed by atoms with Crippen LogP contribution in [0.25, 0.3) is 0 Å². The van der Waals surface area contributed by atoms with Crippen molar-refractivity contribution in [1.82, 2.24) is 9.21 Å². The molecule has 0 spiro atoms. The van der Waals surface area contributed by atoms with Crippen molar-refractivity contribution in [2.45, 2.75) is 25.2 Å². The van der Waals surface area contributed by atoms with Gasteiger partial charge in [0.15, 0.2) is 0 Å². The fraction of sp³-hybridized carbons (Fsp3) is 0.381. The molecule has 1 N–H and O–H groups in total. The zero-order chi connectivity index (χ0) is 21.9. The van der Waals surface area contributed by atoms with Crippen LogP contribution in [0.5, 0.6) is 0 Å². The first-order valence-electron chi connectivity index (χ1n) is 9.71. The second kappa shape index (κ2) is 9.66. The molecule has 0 radical (unpaired) electrons. The molecule has 1 aliphatic rings. The maximum absolute atomic E-state index is 12.9. The van der Waals surface area contributed by atoms with E-state index >= 15 is 0 Å². The van der Waals surface area contributed by atoms with E-state index in [1.54, 1.807) is 30.3 Å². The smallest absolute Gasteiger partial charge is 0.243 e. The van der Waals surface area contributed by atoms with E-state index < -0.39 is 10.0 Å². The molecule has 0 saturated carbocycles. The van der Waals surface area contributed by atoms with Gasteiger partial charge in [-0.3, -0.25) is 4.79 Å². The number of nitrogens with one attached hydrogen (secondary N) is 1. The molecule has 162 valence electrons. The topological polar surface area (TPSA) is 69.7 Å². The summed E-state index contributed by atoms with van der Waals surface area (Å²) in [5, 5.41) is 3.69. The Bertz CT molecular complexity index is 1040. The highest BCUT2D eigenvalue weighted by atomic mass is 35.5. The molecule has 1 fully saturated rings. The maximum atomic E-state index is 12.9. The number of piperazine rings is 1. The molecule has 6 nitrogen and oxygen atoms in total. The van der Waals surface area contributed by atoms with E-state index in [2.05, 4.69) is 10.2 Å². The molecule has 0 aliphatic carbocycles. The minimum atomic E-state index is -3.51. The van der Waals surface area contributed by atoms with Crippen LogP contribution in [0.2, 0.25) is 10.0 Å². The standard InChI is InChI=1S/C21H25Cl2N3O3S/c1-15-3-5-18(13-16(15)2)30(28,29)26-11-9-25(10-12-26)8-7-21(27)24-20-14-17(22)4-6-19(20)23/h3-6,13-14H,7-12H2,1-2H3,(H,24,27). The largest absolute Gasteiger partial charge is 0.325 e. The summed E-state index contributed by atoms with van der Waals surface area (Å²) in [6.07, 6.45) is 0.284. The van der Waals surface area contributed by atoms with Crippen LogP contribution in [0.3, 0.4) is 0 Å². The van der Waals surface area contributed by atoms with Crippen LogP contribution >= 0.6 is 23.2 Å². The fourth-order valence-electron chi connectivity index (χ4n) is 3.28. The Morgan fingerprint density at radius 1 is 1.00 bits per heavy atom. The third-order valence-corrected chi connectivity index (χ3v) is 7.76. The van der Waals surface area contributed by atoms with Gasteiger partial charge in [0.05, 0.1) is 15.6 Å². The van der Waals surface area contributed by atoms with Gasteiger partial charge >= 0.3 is 0 Å². The van der Waals surface area contributed by atoms with Gasteiger partial charge in [0.2, 0.25) is 15.9 Å². The van der Waals surface area contributed by atoms with Gasteiger partial charge in [-0.05, 0) is 55.3 Å². The Labute approximate surface area is 187 Å². The van der Waals surface area contributed by atoms with Crippen molar-refractivity contribution in [2.75, 3.05) is 38.0 Å². The van der Waals surface area contributed by atoms with Crippen LogP contribution in [-0.4, -0.2) is 56.3 Å². The van der Waals surface area contributed by atoms with Crippen molar-refractivity contribution in [1.29, 1.82) is 0 Å². The highest BCUT2D eigenvalue weighted by Gasteiger charge is 2.28. The highest BCUT2D eigenvalue weighted by Crippen LogP contribution is 2.25. The van der Waals surface area contributed by atoms with Gasteiger partial charge in [0.1, 0.15) is 0 Å². The van der Waals surface area contributed by atoms with Gasteiger partial charge in [-0.2, -0.15) is 4.31 Å². The number of amides is 1. The summed E-state index contributed by atoms with van der Waals surface area (Å²) < 4.78 is 27.3. The summed E-state index contributed by atoms with van der Waals surface area (Å²) in [5.41, 5.74) is 2.51. The molecule has 30 heavy (non-hydrogen) atoms. The SMILES string of the molecule is Cc1ccc(S(=O)(=O)N2CCN(CCC(=O)Nc3cc(Cl)ccc3Cl)CC2)cc1C. The predicted molar refractivity (Wildman–Crippen MR) is 121 cm³/mol. The van der Waals surface area contributed by atoms with Crippen LogP contribution in [0.4, 0.5) is 5.69 Å². The Morgan fingerprint density at radius 3 is 2.37 bits per heavy atom. The Balaban J connectivity index is 1.51. The zero-order valence-corrected chi connectivity index (χ0v) is 19.3. The second-order valence-electron chi connectivity index (χ2n) is 7.41. The van der Waals surface area contributed by atoms with E-state index in [0.717, 1.165) is 11.1 Å². The van der Waals surface area contributed by atoms with Crippen molar-refractivity contribution in [3.05, 3.63) is 57.6 Å². The van der Waals surface area contributed by atoms with Crippen molar-refractivity contribution in [3.63, 3.8) is 0 Å². The molecule has 1 heterocycles. The molecule has 0 aromatic heterocycles. The normalized spacial score (nSPS) is 15.9. The molecule has 2 aromatic carbocycles. The molecular formula is C21H25Cl2N3O3S. The molecule has 1 amide bonds. The number of anilines is 1. The number of carbonyl (C=O) groups excluding carboxylic acids is 1. The van der Waals surface area contributed by atoms with Gasteiger partial charge in [-0.1, -0.05) is 29.3 Å². The van der Waals surface area contributed by atoms with E-state index in [1.807, 2.05) is 19.9 Å². The van der Waals surface area contributed by atoms with Crippen molar-refractivity contribution in [3.8, 4) is 0 Å². The number of sulfonamides is 1. The molecule has 0 unspecified atom stereocenters. The first kappa shape index (κ1) is 23.0. The monoisotopic (exact) mass is 469 g/mol. The predicted octanol–water partition coefficient (Wildman–Crippen LogP) is 3.95. The lowest BCUT2D eigenvalue weighted by Gasteiger charge is -2.33. The van der Waals surface area contributed by atoms with Gasteiger partial charge in [0.25, 0.3) is 0 Å². The lowest BCUT2D eigenvalue weighted by Crippen LogP contribution is -2.49. The fourth-order valence-corrected chi connectivity index (χ4v) is 5.13. The van der Waals surface area contributed by atoms with E-state index in [0.29, 0.717) is 53.4 Å². The van der Waals surface area contributed by atoms with Crippen molar-refractivity contribution >= 4 is 44.8 Å². The summed E-state index contributed by atoms with van der Waals surface area (Å²) in [7, 11) is -3.51. The highest BCUT2D eigenvalue weighted by molar-refractivity contribution is 7.89. The first-order chi connectivity index (χ1) is 14.2. The lowest BCUT2D eigenvalue weighted by molar-refractivity contribution is -0.116. The minimum absolute atomic E-state index is 0.163. The van der Waals surface area contributed by atoms with Gasteiger partial charge in [-0.25, -0.2) is 8.42 Å². The maximum Gasteiger partial charge on any atom is 0.243 e. The van der Waals surface area contributed by atoms with E-state index in [1.165, 1.54) is 4.31 Å². The molecule has 3 rings (SSSR count). The number of benzene rings is 2. The Morgan fingerprint density at radius 2 is 1.70 bits per heavy atom. The van der Waals surface area contributed by atoms with Crippen molar-refractivity contribution in [2.24, 2.45) is 0 Å². The molecule has 9 heteroatoms. The van der Waals surface area contributed by atoms with Crippen LogP contribution in [0.15, 0.2) is 41.3 Å². The number of rotatable bonds is 6. The minimum Gasteiger partial charge on any atom is -0.325 e. The van der Waals surface area contributed by atoms with E-state index in [4.69, 9.17) is 23.2 Å². The summed E-state index contributed by atoms with van der Waals surface area (Å²) in [6.45, 7) is 6.37. The number of hydrogen-bond acceptors (Lipinski definition) is 4. The summed E-state index contributed by atoms with van der Waals surface area (Å²) in [5.74, 6) is -0.163. The average Bonchev–Trinajstić information content (AvgIpc) is 2.71. The van der Waals surface area contributed by atoms with Crippen LogP contribution < -0.4 is 5.32 Å². The van der Waals surface area contributed by atoms with E-state index in [9.17, 15) is 13.2 Å². The average molecular weight is 470 g/mol.